The quantitative estimate of drug-likeness (QED) is 0.792. The predicted molar refractivity (Wildman–Crippen MR) is 120 cm³/mol. The van der Waals surface area contributed by atoms with Gasteiger partial charge in [0.05, 0.1) is 0 Å². The lowest BCUT2D eigenvalue weighted by Crippen LogP contribution is -2.49. The van der Waals surface area contributed by atoms with E-state index in [2.05, 4.69) is 10.2 Å². The number of benzene rings is 2. The standard InChI is InChI=1S/C24H31N3O3/c1-17(2)24(29)27-13-11-26(12-14-27)21-8-6-20(7-9-21)25-23(28)16-30-22-10-5-18(3)19(4)15-22/h5-10,15,17H,11-14,16H2,1-4H3,(H,25,28). The molecule has 0 radical (unpaired) electrons. The summed E-state index contributed by atoms with van der Waals surface area (Å²) in [5.41, 5.74) is 4.16. The van der Waals surface area contributed by atoms with Crippen LogP contribution in [0.4, 0.5) is 11.4 Å². The van der Waals surface area contributed by atoms with Crippen LogP contribution in [-0.2, 0) is 9.59 Å². The molecule has 6 heteroatoms. The van der Waals surface area contributed by atoms with E-state index in [1.165, 1.54) is 5.56 Å². The summed E-state index contributed by atoms with van der Waals surface area (Å²) in [6.07, 6.45) is 0. The minimum Gasteiger partial charge on any atom is -0.484 e. The number of piperazine rings is 1. The highest BCUT2D eigenvalue weighted by Gasteiger charge is 2.22. The van der Waals surface area contributed by atoms with Gasteiger partial charge in [-0.15, -0.1) is 0 Å². The fraction of sp³-hybridized carbons (Fsp3) is 0.417. The number of aryl methyl sites for hydroxylation is 2. The molecule has 0 bridgehead atoms. The van der Waals surface area contributed by atoms with Gasteiger partial charge in [0.2, 0.25) is 5.91 Å². The maximum atomic E-state index is 12.2. The highest BCUT2D eigenvalue weighted by atomic mass is 16.5. The first kappa shape index (κ1) is 21.7. The van der Waals surface area contributed by atoms with Crippen molar-refractivity contribution in [2.75, 3.05) is 43.0 Å². The molecule has 30 heavy (non-hydrogen) atoms. The van der Waals surface area contributed by atoms with Crippen LogP contribution in [0.1, 0.15) is 25.0 Å². The minimum atomic E-state index is -0.193. The van der Waals surface area contributed by atoms with Crippen LogP contribution in [0.3, 0.4) is 0 Å². The van der Waals surface area contributed by atoms with Crippen LogP contribution < -0.4 is 15.0 Å². The second-order valence-electron chi connectivity index (χ2n) is 8.10. The fourth-order valence-electron chi connectivity index (χ4n) is 3.46. The molecule has 0 aromatic heterocycles. The van der Waals surface area contributed by atoms with Gasteiger partial charge in [-0.1, -0.05) is 19.9 Å². The van der Waals surface area contributed by atoms with Gasteiger partial charge in [-0.25, -0.2) is 0 Å². The summed E-state index contributed by atoms with van der Waals surface area (Å²) in [5.74, 6) is 0.759. The van der Waals surface area contributed by atoms with Crippen molar-refractivity contribution < 1.29 is 14.3 Å². The Hall–Kier alpha value is -3.02. The van der Waals surface area contributed by atoms with Gasteiger partial charge in [-0.05, 0) is 61.4 Å². The molecule has 1 fully saturated rings. The molecule has 2 amide bonds. The van der Waals surface area contributed by atoms with Crippen LogP contribution >= 0.6 is 0 Å². The first-order valence-electron chi connectivity index (χ1n) is 10.5. The summed E-state index contributed by atoms with van der Waals surface area (Å²) >= 11 is 0. The lowest BCUT2D eigenvalue weighted by molar-refractivity contribution is -0.134. The summed E-state index contributed by atoms with van der Waals surface area (Å²) in [5, 5.41) is 2.87. The van der Waals surface area contributed by atoms with Crippen molar-refractivity contribution >= 4 is 23.2 Å². The summed E-state index contributed by atoms with van der Waals surface area (Å²) in [7, 11) is 0. The summed E-state index contributed by atoms with van der Waals surface area (Å²) < 4.78 is 5.59. The van der Waals surface area contributed by atoms with Gasteiger partial charge < -0.3 is 19.9 Å². The molecule has 6 nitrogen and oxygen atoms in total. The van der Waals surface area contributed by atoms with Crippen LogP contribution in [0.2, 0.25) is 0 Å². The van der Waals surface area contributed by atoms with Gasteiger partial charge in [0, 0.05) is 43.5 Å². The number of ether oxygens (including phenoxy) is 1. The lowest BCUT2D eigenvalue weighted by Gasteiger charge is -2.37. The van der Waals surface area contributed by atoms with Crippen molar-refractivity contribution in [2.24, 2.45) is 5.92 Å². The number of hydrogen-bond donors (Lipinski definition) is 1. The molecule has 160 valence electrons. The van der Waals surface area contributed by atoms with E-state index in [1.54, 1.807) is 0 Å². The number of carbonyl (C=O) groups excluding carboxylic acids is 2. The molecular formula is C24H31N3O3. The van der Waals surface area contributed by atoms with E-state index >= 15 is 0 Å². The Labute approximate surface area is 178 Å². The third-order valence-corrected chi connectivity index (χ3v) is 5.45. The third-order valence-electron chi connectivity index (χ3n) is 5.45. The van der Waals surface area contributed by atoms with Crippen LogP contribution in [0.25, 0.3) is 0 Å². The SMILES string of the molecule is Cc1ccc(OCC(=O)Nc2ccc(N3CCN(C(=O)C(C)C)CC3)cc2)cc1C. The smallest absolute Gasteiger partial charge is 0.262 e. The molecule has 3 rings (SSSR count). The van der Waals surface area contributed by atoms with Crippen molar-refractivity contribution in [2.45, 2.75) is 27.7 Å². The monoisotopic (exact) mass is 409 g/mol. The Morgan fingerprint density at radius 3 is 2.23 bits per heavy atom. The van der Waals surface area contributed by atoms with Crippen molar-refractivity contribution in [3.05, 3.63) is 53.6 Å². The number of nitrogens with one attached hydrogen (secondary N) is 1. The molecule has 0 spiro atoms. The second-order valence-corrected chi connectivity index (χ2v) is 8.10. The van der Waals surface area contributed by atoms with Gasteiger partial charge in [-0.3, -0.25) is 9.59 Å². The Bertz CT molecular complexity index is 885. The van der Waals surface area contributed by atoms with Crippen LogP contribution in [-0.4, -0.2) is 49.5 Å². The summed E-state index contributed by atoms with van der Waals surface area (Å²) in [4.78, 5) is 28.5. The van der Waals surface area contributed by atoms with Gasteiger partial charge >= 0.3 is 0 Å². The number of anilines is 2. The van der Waals surface area contributed by atoms with Gasteiger partial charge in [0.25, 0.3) is 5.91 Å². The summed E-state index contributed by atoms with van der Waals surface area (Å²) in [6.45, 7) is 11.0. The molecule has 2 aromatic carbocycles. The maximum absolute atomic E-state index is 12.2. The highest BCUT2D eigenvalue weighted by Crippen LogP contribution is 2.20. The van der Waals surface area contributed by atoms with Crippen LogP contribution in [0.15, 0.2) is 42.5 Å². The molecule has 1 aliphatic heterocycles. The molecular weight excluding hydrogens is 378 g/mol. The van der Waals surface area contributed by atoms with E-state index in [9.17, 15) is 9.59 Å². The lowest BCUT2D eigenvalue weighted by atomic mass is 10.1. The molecule has 1 aliphatic rings. The first-order chi connectivity index (χ1) is 14.3. The molecule has 0 unspecified atom stereocenters. The molecule has 0 aliphatic carbocycles. The Balaban J connectivity index is 1.48. The third kappa shape index (κ3) is 5.53. The second kappa shape index (κ2) is 9.65. The van der Waals surface area contributed by atoms with Crippen molar-refractivity contribution in [1.29, 1.82) is 0 Å². The fourth-order valence-corrected chi connectivity index (χ4v) is 3.46. The van der Waals surface area contributed by atoms with E-state index in [1.807, 2.05) is 75.1 Å². The Morgan fingerprint density at radius 1 is 0.967 bits per heavy atom. The number of amides is 2. The van der Waals surface area contributed by atoms with Crippen molar-refractivity contribution in [3.8, 4) is 5.75 Å². The zero-order chi connectivity index (χ0) is 21.7. The zero-order valence-electron chi connectivity index (χ0n) is 18.3. The van der Waals surface area contributed by atoms with E-state index in [4.69, 9.17) is 4.74 Å². The number of rotatable bonds is 6. The molecule has 1 N–H and O–H groups in total. The predicted octanol–water partition coefficient (Wildman–Crippen LogP) is 3.63. The van der Waals surface area contributed by atoms with Gasteiger partial charge in [0.1, 0.15) is 5.75 Å². The van der Waals surface area contributed by atoms with E-state index < -0.39 is 0 Å². The largest absolute Gasteiger partial charge is 0.484 e. The first-order valence-corrected chi connectivity index (χ1v) is 10.5. The Kier molecular flexibility index (Phi) is 6.98. The Morgan fingerprint density at radius 2 is 1.63 bits per heavy atom. The van der Waals surface area contributed by atoms with Crippen molar-refractivity contribution in [3.63, 3.8) is 0 Å². The number of hydrogen-bond acceptors (Lipinski definition) is 4. The maximum Gasteiger partial charge on any atom is 0.262 e. The van der Waals surface area contributed by atoms with E-state index in [0.717, 1.165) is 43.1 Å². The van der Waals surface area contributed by atoms with Crippen LogP contribution in [0, 0.1) is 19.8 Å². The molecule has 0 saturated carbocycles. The zero-order valence-corrected chi connectivity index (χ0v) is 18.3. The average Bonchev–Trinajstić information content (AvgIpc) is 2.74. The molecule has 1 heterocycles. The number of carbonyl (C=O) groups is 2. The van der Waals surface area contributed by atoms with Crippen molar-refractivity contribution in [1.82, 2.24) is 4.90 Å². The van der Waals surface area contributed by atoms with Gasteiger partial charge in [0.15, 0.2) is 6.61 Å². The molecule has 0 atom stereocenters. The average molecular weight is 410 g/mol. The van der Waals surface area contributed by atoms with Crippen LogP contribution in [0.5, 0.6) is 5.75 Å². The normalized spacial score (nSPS) is 14.0. The topological polar surface area (TPSA) is 61.9 Å². The minimum absolute atomic E-state index is 0.0317. The molecule has 1 saturated heterocycles. The number of nitrogens with zero attached hydrogens (tertiary/aromatic N) is 2. The van der Waals surface area contributed by atoms with E-state index in [-0.39, 0.29) is 24.3 Å². The molecule has 2 aromatic rings. The van der Waals surface area contributed by atoms with E-state index in [0.29, 0.717) is 5.75 Å². The summed E-state index contributed by atoms with van der Waals surface area (Å²) in [6, 6.07) is 13.6. The highest BCUT2D eigenvalue weighted by molar-refractivity contribution is 5.92. The van der Waals surface area contributed by atoms with Gasteiger partial charge in [-0.2, -0.15) is 0 Å².